The van der Waals surface area contributed by atoms with Crippen LogP contribution in [0.3, 0.4) is 0 Å². The third-order valence-electron chi connectivity index (χ3n) is 4.14. The maximum atomic E-state index is 12.7. The topological polar surface area (TPSA) is 99.3 Å². The van der Waals surface area contributed by atoms with Gasteiger partial charge in [0.25, 0.3) is 11.8 Å². The highest BCUT2D eigenvalue weighted by atomic mass is 16.5. The molecule has 2 heterocycles. The first-order valence-corrected chi connectivity index (χ1v) is 7.75. The molecule has 0 bridgehead atoms. The Hall–Kier alpha value is -3.10. The summed E-state index contributed by atoms with van der Waals surface area (Å²) >= 11 is 0. The average molecular weight is 346 g/mol. The van der Waals surface area contributed by atoms with Crippen molar-refractivity contribution in [2.75, 3.05) is 38.6 Å². The highest BCUT2D eigenvalue weighted by molar-refractivity contribution is 6.07. The maximum Gasteiger partial charge on any atom is 0.327 e. The number of anilines is 1. The Morgan fingerprint density at radius 2 is 2.00 bits per heavy atom. The van der Waals surface area contributed by atoms with Gasteiger partial charge in [-0.15, -0.1) is 0 Å². The van der Waals surface area contributed by atoms with Gasteiger partial charge in [-0.1, -0.05) is 12.1 Å². The summed E-state index contributed by atoms with van der Waals surface area (Å²) in [5.74, 6) is -0.848. The predicted molar refractivity (Wildman–Crippen MR) is 87.0 cm³/mol. The molecule has 1 fully saturated rings. The first kappa shape index (κ1) is 16.7. The number of carbonyl (C=O) groups is 4. The second kappa shape index (κ2) is 6.42. The molecule has 2 aliphatic rings. The molecule has 0 aliphatic carbocycles. The monoisotopic (exact) mass is 346 g/mol. The lowest BCUT2D eigenvalue weighted by molar-refractivity contribution is -0.131. The van der Waals surface area contributed by atoms with Gasteiger partial charge in [0.2, 0.25) is 5.91 Å². The predicted octanol–water partition coefficient (Wildman–Crippen LogP) is -0.579. The number of carbonyl (C=O) groups excluding carboxylic acids is 4. The van der Waals surface area contributed by atoms with Crippen molar-refractivity contribution in [2.24, 2.45) is 0 Å². The van der Waals surface area contributed by atoms with Crippen molar-refractivity contribution < 1.29 is 23.9 Å². The highest BCUT2D eigenvalue weighted by Gasteiger charge is 2.38. The quantitative estimate of drug-likeness (QED) is 0.739. The van der Waals surface area contributed by atoms with Gasteiger partial charge in [-0.25, -0.2) is 4.79 Å². The normalized spacial score (nSPS) is 19.6. The number of hydrogen-bond acceptors (Lipinski definition) is 5. The zero-order chi connectivity index (χ0) is 18.1. The van der Waals surface area contributed by atoms with Crippen LogP contribution in [0.25, 0.3) is 0 Å². The molecular weight excluding hydrogens is 328 g/mol. The molecule has 132 valence electrons. The summed E-state index contributed by atoms with van der Waals surface area (Å²) < 4.78 is 5.63. The summed E-state index contributed by atoms with van der Waals surface area (Å²) in [4.78, 5) is 52.1. The number of para-hydroxylation sites is 2. The Morgan fingerprint density at radius 3 is 2.64 bits per heavy atom. The van der Waals surface area contributed by atoms with E-state index in [4.69, 9.17) is 4.74 Å². The largest absolute Gasteiger partial charge is 0.477 e. The molecular formula is C16H18N4O5. The van der Waals surface area contributed by atoms with E-state index in [-0.39, 0.29) is 25.5 Å². The van der Waals surface area contributed by atoms with Crippen molar-refractivity contribution in [1.82, 2.24) is 15.1 Å². The summed E-state index contributed by atoms with van der Waals surface area (Å²) in [7, 11) is 2.98. The number of imide groups is 1. The molecule has 0 aromatic heterocycles. The molecule has 9 nitrogen and oxygen atoms in total. The van der Waals surface area contributed by atoms with Crippen LogP contribution in [0.2, 0.25) is 0 Å². The Morgan fingerprint density at radius 1 is 1.28 bits per heavy atom. The van der Waals surface area contributed by atoms with Gasteiger partial charge < -0.3 is 19.9 Å². The van der Waals surface area contributed by atoms with Crippen LogP contribution in [-0.4, -0.2) is 73.4 Å². The average Bonchev–Trinajstić information content (AvgIpc) is 2.86. The first-order chi connectivity index (χ1) is 11.9. The van der Waals surface area contributed by atoms with Gasteiger partial charge in [0.15, 0.2) is 6.10 Å². The Balaban J connectivity index is 1.84. The van der Waals surface area contributed by atoms with E-state index in [1.54, 1.807) is 24.3 Å². The molecule has 1 aromatic rings. The van der Waals surface area contributed by atoms with Gasteiger partial charge >= 0.3 is 6.03 Å². The van der Waals surface area contributed by atoms with E-state index in [9.17, 15) is 19.2 Å². The molecule has 0 spiro atoms. The molecule has 0 unspecified atom stereocenters. The minimum atomic E-state index is -0.864. The third kappa shape index (κ3) is 3.00. The maximum absolute atomic E-state index is 12.7. The number of nitrogens with zero attached hydrogens (tertiary/aromatic N) is 3. The minimum Gasteiger partial charge on any atom is -0.477 e. The van der Waals surface area contributed by atoms with Crippen molar-refractivity contribution in [1.29, 1.82) is 0 Å². The zero-order valence-corrected chi connectivity index (χ0v) is 13.9. The standard InChI is InChI=1S/C16H18N4O5/c1-17-15(23)12-7-19(10-5-3-4-6-11(10)25-12)14(22)9-20-13(21)8-18(2)16(20)24/h3-6,12H,7-9H2,1-2H3,(H,17,23)/t12-/m1/s1. The molecule has 0 radical (unpaired) electrons. The smallest absolute Gasteiger partial charge is 0.327 e. The van der Waals surface area contributed by atoms with Gasteiger partial charge in [-0.05, 0) is 12.1 Å². The van der Waals surface area contributed by atoms with Crippen LogP contribution in [0.1, 0.15) is 0 Å². The number of urea groups is 1. The summed E-state index contributed by atoms with van der Waals surface area (Å²) in [6.45, 7) is -0.426. The molecule has 25 heavy (non-hydrogen) atoms. The Kier molecular flexibility index (Phi) is 4.30. The van der Waals surface area contributed by atoms with Gasteiger partial charge in [0, 0.05) is 14.1 Å². The van der Waals surface area contributed by atoms with Crippen molar-refractivity contribution >= 4 is 29.4 Å². The van der Waals surface area contributed by atoms with E-state index < -0.39 is 23.9 Å². The van der Waals surface area contributed by atoms with Crippen molar-refractivity contribution in [2.45, 2.75) is 6.10 Å². The van der Waals surface area contributed by atoms with Crippen LogP contribution in [0, 0.1) is 0 Å². The second-order valence-corrected chi connectivity index (χ2v) is 5.81. The SMILES string of the molecule is CNC(=O)[C@H]1CN(C(=O)CN2C(=O)CN(C)C2=O)c2ccccc2O1. The Labute approximate surface area is 144 Å². The van der Waals surface area contributed by atoms with Crippen LogP contribution in [0.4, 0.5) is 10.5 Å². The van der Waals surface area contributed by atoms with Crippen LogP contribution in [0.5, 0.6) is 5.75 Å². The summed E-state index contributed by atoms with van der Waals surface area (Å²) in [5.41, 5.74) is 0.500. The molecule has 2 aliphatic heterocycles. The highest BCUT2D eigenvalue weighted by Crippen LogP contribution is 2.33. The number of fused-ring (bicyclic) bond motifs is 1. The fourth-order valence-electron chi connectivity index (χ4n) is 2.81. The molecule has 5 amide bonds. The van der Waals surface area contributed by atoms with Gasteiger partial charge in [-0.3, -0.25) is 19.3 Å². The Bertz CT molecular complexity index is 750. The van der Waals surface area contributed by atoms with Crippen LogP contribution in [-0.2, 0) is 14.4 Å². The molecule has 3 rings (SSSR count). The molecule has 1 N–H and O–H groups in total. The number of amides is 5. The van der Waals surface area contributed by atoms with Crippen LogP contribution >= 0.6 is 0 Å². The molecule has 0 saturated carbocycles. The molecule has 1 atom stereocenters. The number of ether oxygens (including phenoxy) is 1. The van der Waals surface area contributed by atoms with Crippen LogP contribution < -0.4 is 15.0 Å². The summed E-state index contributed by atoms with van der Waals surface area (Å²) in [5, 5.41) is 2.49. The summed E-state index contributed by atoms with van der Waals surface area (Å²) in [6.07, 6.45) is -0.864. The second-order valence-electron chi connectivity index (χ2n) is 5.81. The van der Waals surface area contributed by atoms with Gasteiger partial charge in [-0.2, -0.15) is 0 Å². The number of rotatable bonds is 3. The fraction of sp³-hybridized carbons (Fsp3) is 0.375. The van der Waals surface area contributed by atoms with E-state index in [1.165, 1.54) is 23.9 Å². The lowest BCUT2D eigenvalue weighted by Gasteiger charge is -2.34. The van der Waals surface area contributed by atoms with E-state index in [2.05, 4.69) is 5.32 Å². The molecule has 9 heteroatoms. The van der Waals surface area contributed by atoms with E-state index in [1.807, 2.05) is 0 Å². The number of benzene rings is 1. The van der Waals surface area contributed by atoms with Crippen molar-refractivity contribution in [3.05, 3.63) is 24.3 Å². The van der Waals surface area contributed by atoms with Gasteiger partial charge in [0.1, 0.15) is 18.8 Å². The first-order valence-electron chi connectivity index (χ1n) is 7.75. The number of nitrogens with one attached hydrogen (secondary N) is 1. The fourth-order valence-corrected chi connectivity index (χ4v) is 2.81. The van der Waals surface area contributed by atoms with E-state index in [0.29, 0.717) is 11.4 Å². The van der Waals surface area contributed by atoms with Crippen LogP contribution in [0.15, 0.2) is 24.3 Å². The van der Waals surface area contributed by atoms with Gasteiger partial charge in [0.05, 0.1) is 12.2 Å². The summed E-state index contributed by atoms with van der Waals surface area (Å²) in [6, 6.07) is 6.30. The number of likely N-dealkylation sites (N-methyl/N-ethyl adjacent to an activating group) is 2. The van der Waals surface area contributed by atoms with Crippen molar-refractivity contribution in [3.8, 4) is 5.75 Å². The number of hydrogen-bond donors (Lipinski definition) is 1. The molecule has 1 aromatic carbocycles. The lowest BCUT2D eigenvalue weighted by atomic mass is 10.1. The van der Waals surface area contributed by atoms with Crippen molar-refractivity contribution in [3.63, 3.8) is 0 Å². The third-order valence-corrected chi connectivity index (χ3v) is 4.14. The minimum absolute atomic E-state index is 0.00157. The lowest BCUT2D eigenvalue weighted by Crippen LogP contribution is -2.52. The van der Waals surface area contributed by atoms with E-state index >= 15 is 0 Å². The zero-order valence-electron chi connectivity index (χ0n) is 13.9. The van der Waals surface area contributed by atoms with E-state index in [0.717, 1.165) is 4.90 Å². The molecule has 1 saturated heterocycles.